The first-order valence-corrected chi connectivity index (χ1v) is 7.04. The number of ether oxygens (including phenoxy) is 1. The van der Waals surface area contributed by atoms with E-state index < -0.39 is 11.7 Å². The maximum atomic E-state index is 12.0. The Hall–Kier alpha value is -3.27. The van der Waals surface area contributed by atoms with E-state index >= 15 is 0 Å². The van der Waals surface area contributed by atoms with Crippen molar-refractivity contribution >= 4 is 5.97 Å². The van der Waals surface area contributed by atoms with Crippen molar-refractivity contribution in [3.63, 3.8) is 0 Å². The Balaban J connectivity index is 1.78. The molecule has 0 aliphatic heterocycles. The van der Waals surface area contributed by atoms with Crippen LogP contribution in [0.25, 0.3) is 11.1 Å². The largest absolute Gasteiger partial charge is 0.504 e. The van der Waals surface area contributed by atoms with Crippen molar-refractivity contribution in [1.82, 2.24) is 0 Å². The molecule has 4 heteroatoms. The summed E-state index contributed by atoms with van der Waals surface area (Å²) in [6.07, 6.45) is 0. The molecule has 0 saturated heterocycles. The molecule has 0 radical (unpaired) electrons. The highest BCUT2D eigenvalue weighted by molar-refractivity contribution is 5.94. The molecule has 0 spiro atoms. The van der Waals surface area contributed by atoms with Crippen LogP contribution < -0.4 is 4.74 Å². The average molecular weight is 306 g/mol. The van der Waals surface area contributed by atoms with Gasteiger partial charge < -0.3 is 14.9 Å². The van der Waals surface area contributed by atoms with Crippen molar-refractivity contribution in [1.29, 1.82) is 0 Å². The highest BCUT2D eigenvalue weighted by Crippen LogP contribution is 2.29. The second-order valence-corrected chi connectivity index (χ2v) is 4.95. The summed E-state index contributed by atoms with van der Waals surface area (Å²) < 4.78 is 5.22. The number of aromatic hydroxyl groups is 2. The summed E-state index contributed by atoms with van der Waals surface area (Å²) in [4.78, 5) is 12.0. The van der Waals surface area contributed by atoms with Crippen molar-refractivity contribution in [2.45, 2.75) is 0 Å². The maximum Gasteiger partial charge on any atom is 0.347 e. The summed E-state index contributed by atoms with van der Waals surface area (Å²) >= 11 is 0. The first-order chi connectivity index (χ1) is 11.1. The molecule has 23 heavy (non-hydrogen) atoms. The lowest BCUT2D eigenvalue weighted by Gasteiger charge is -2.08. The van der Waals surface area contributed by atoms with Crippen LogP contribution in [0.5, 0.6) is 17.2 Å². The summed E-state index contributed by atoms with van der Waals surface area (Å²) in [6.45, 7) is 0. The Bertz CT molecular complexity index is 824. The van der Waals surface area contributed by atoms with Crippen LogP contribution in [0.4, 0.5) is 0 Å². The van der Waals surface area contributed by atoms with E-state index in [9.17, 15) is 15.0 Å². The molecule has 0 bridgehead atoms. The molecule has 0 aromatic heterocycles. The number of benzene rings is 3. The monoisotopic (exact) mass is 306 g/mol. The first-order valence-electron chi connectivity index (χ1n) is 7.04. The van der Waals surface area contributed by atoms with Crippen LogP contribution in [0.2, 0.25) is 0 Å². The van der Waals surface area contributed by atoms with Gasteiger partial charge in [-0.3, -0.25) is 0 Å². The van der Waals surface area contributed by atoms with Crippen LogP contribution >= 0.6 is 0 Å². The van der Waals surface area contributed by atoms with Crippen molar-refractivity contribution in [2.24, 2.45) is 0 Å². The van der Waals surface area contributed by atoms with Crippen LogP contribution in [0.3, 0.4) is 0 Å². The fraction of sp³-hybridized carbons (Fsp3) is 0. The third kappa shape index (κ3) is 3.16. The molecule has 0 heterocycles. The minimum atomic E-state index is -0.731. The Morgan fingerprint density at radius 3 is 2.09 bits per heavy atom. The maximum absolute atomic E-state index is 12.0. The quantitative estimate of drug-likeness (QED) is 0.436. The Labute approximate surface area is 133 Å². The second-order valence-electron chi connectivity index (χ2n) is 4.95. The predicted molar refractivity (Wildman–Crippen MR) is 86.6 cm³/mol. The van der Waals surface area contributed by atoms with Crippen molar-refractivity contribution in [2.75, 3.05) is 0 Å². The van der Waals surface area contributed by atoms with E-state index in [1.165, 1.54) is 18.2 Å². The minimum Gasteiger partial charge on any atom is -0.504 e. The molecule has 0 unspecified atom stereocenters. The lowest BCUT2D eigenvalue weighted by atomic mass is 10.1. The van der Waals surface area contributed by atoms with Gasteiger partial charge in [0.2, 0.25) is 0 Å². The standard InChI is InChI=1S/C19H14O4/c20-17-8-4-7-16(18(17)21)19(22)23-15-11-9-14(10-12-15)13-5-2-1-3-6-13/h1-12,20-21H. The molecular weight excluding hydrogens is 292 g/mol. The molecule has 0 amide bonds. The number of carbonyl (C=O) groups excluding carboxylic acids is 1. The van der Waals surface area contributed by atoms with Gasteiger partial charge in [-0.2, -0.15) is 0 Å². The number of carbonyl (C=O) groups is 1. The van der Waals surface area contributed by atoms with Crippen LogP contribution in [-0.4, -0.2) is 16.2 Å². The molecule has 3 rings (SSSR count). The molecule has 3 aromatic rings. The fourth-order valence-corrected chi connectivity index (χ4v) is 2.20. The highest BCUT2D eigenvalue weighted by atomic mass is 16.5. The number of phenolic OH excluding ortho intramolecular Hbond substituents is 2. The van der Waals surface area contributed by atoms with Gasteiger partial charge in [0.25, 0.3) is 0 Å². The molecule has 0 atom stereocenters. The van der Waals surface area contributed by atoms with Crippen LogP contribution in [-0.2, 0) is 0 Å². The Kier molecular flexibility index (Phi) is 3.97. The molecule has 114 valence electrons. The van der Waals surface area contributed by atoms with Gasteiger partial charge in [-0.1, -0.05) is 48.5 Å². The van der Waals surface area contributed by atoms with E-state index in [1.807, 2.05) is 42.5 Å². The Morgan fingerprint density at radius 1 is 0.739 bits per heavy atom. The Morgan fingerprint density at radius 2 is 1.39 bits per heavy atom. The van der Waals surface area contributed by atoms with Crippen molar-refractivity contribution in [3.8, 4) is 28.4 Å². The third-order valence-electron chi connectivity index (χ3n) is 3.41. The lowest BCUT2D eigenvalue weighted by molar-refractivity contribution is 0.0731. The summed E-state index contributed by atoms with van der Waals surface area (Å²) in [5.41, 5.74) is 1.98. The third-order valence-corrected chi connectivity index (χ3v) is 3.41. The first kappa shape index (κ1) is 14.7. The zero-order valence-electron chi connectivity index (χ0n) is 12.1. The number of hydrogen-bond donors (Lipinski definition) is 2. The van der Waals surface area contributed by atoms with E-state index in [0.29, 0.717) is 5.75 Å². The van der Waals surface area contributed by atoms with Crippen molar-refractivity contribution < 1.29 is 19.7 Å². The SMILES string of the molecule is O=C(Oc1ccc(-c2ccccc2)cc1)c1cccc(O)c1O. The van der Waals surface area contributed by atoms with Gasteiger partial charge in [-0.15, -0.1) is 0 Å². The van der Waals surface area contributed by atoms with Gasteiger partial charge in [-0.05, 0) is 35.4 Å². The van der Waals surface area contributed by atoms with Gasteiger partial charge in [0, 0.05) is 0 Å². The minimum absolute atomic E-state index is 0.0860. The summed E-state index contributed by atoms with van der Waals surface area (Å²) in [5, 5.41) is 19.1. The summed E-state index contributed by atoms with van der Waals surface area (Å²) in [5.74, 6) is -1.22. The number of phenols is 2. The molecule has 0 saturated carbocycles. The van der Waals surface area contributed by atoms with E-state index in [2.05, 4.69) is 0 Å². The van der Waals surface area contributed by atoms with E-state index in [4.69, 9.17) is 4.74 Å². The van der Waals surface area contributed by atoms with E-state index in [0.717, 1.165) is 11.1 Å². The molecular formula is C19H14O4. The number of para-hydroxylation sites is 1. The summed E-state index contributed by atoms with van der Waals surface area (Å²) in [6, 6.07) is 21.0. The fourth-order valence-electron chi connectivity index (χ4n) is 2.20. The highest BCUT2D eigenvalue weighted by Gasteiger charge is 2.16. The van der Waals surface area contributed by atoms with Crippen LogP contribution in [0, 0.1) is 0 Å². The number of rotatable bonds is 3. The van der Waals surface area contributed by atoms with Crippen molar-refractivity contribution in [3.05, 3.63) is 78.4 Å². The predicted octanol–water partition coefficient (Wildman–Crippen LogP) is 3.98. The van der Waals surface area contributed by atoms with Gasteiger partial charge >= 0.3 is 5.97 Å². The van der Waals surface area contributed by atoms with Gasteiger partial charge in [-0.25, -0.2) is 4.79 Å². The average Bonchev–Trinajstić information content (AvgIpc) is 2.59. The molecule has 0 aliphatic carbocycles. The second kappa shape index (κ2) is 6.23. The molecule has 0 aliphatic rings. The van der Waals surface area contributed by atoms with Crippen LogP contribution in [0.1, 0.15) is 10.4 Å². The smallest absolute Gasteiger partial charge is 0.347 e. The van der Waals surface area contributed by atoms with E-state index in [-0.39, 0.29) is 11.3 Å². The normalized spacial score (nSPS) is 10.3. The molecule has 4 nitrogen and oxygen atoms in total. The van der Waals surface area contributed by atoms with Crippen LogP contribution in [0.15, 0.2) is 72.8 Å². The van der Waals surface area contributed by atoms with Gasteiger partial charge in [0.15, 0.2) is 11.5 Å². The lowest BCUT2D eigenvalue weighted by Crippen LogP contribution is -2.08. The van der Waals surface area contributed by atoms with Gasteiger partial charge in [0.05, 0.1) is 0 Å². The number of hydrogen-bond acceptors (Lipinski definition) is 4. The summed E-state index contributed by atoms with van der Waals surface area (Å²) in [7, 11) is 0. The zero-order chi connectivity index (χ0) is 16.2. The number of esters is 1. The molecule has 0 fully saturated rings. The topological polar surface area (TPSA) is 66.8 Å². The van der Waals surface area contributed by atoms with Gasteiger partial charge in [0.1, 0.15) is 11.3 Å². The molecule has 3 aromatic carbocycles. The van der Waals surface area contributed by atoms with E-state index in [1.54, 1.807) is 12.1 Å². The zero-order valence-corrected chi connectivity index (χ0v) is 12.1. The molecule has 2 N–H and O–H groups in total.